The first kappa shape index (κ1) is 16.6. The van der Waals surface area contributed by atoms with Crippen molar-refractivity contribution in [2.45, 2.75) is 6.42 Å². The fourth-order valence-corrected chi connectivity index (χ4v) is 2.43. The molecule has 7 heteroatoms. The lowest BCUT2D eigenvalue weighted by Gasteiger charge is -2.10. The van der Waals surface area contributed by atoms with E-state index in [1.54, 1.807) is 29.1 Å². The van der Waals surface area contributed by atoms with E-state index in [4.69, 9.17) is 4.74 Å². The summed E-state index contributed by atoms with van der Waals surface area (Å²) in [6, 6.07) is 9.60. The highest BCUT2D eigenvalue weighted by Gasteiger charge is 2.15. The molecule has 25 heavy (non-hydrogen) atoms. The van der Waals surface area contributed by atoms with E-state index >= 15 is 0 Å². The largest absolute Gasteiger partial charge is 0.461 e. The first-order valence-corrected chi connectivity index (χ1v) is 7.65. The van der Waals surface area contributed by atoms with Gasteiger partial charge in [0.2, 0.25) is 0 Å². The maximum absolute atomic E-state index is 12.9. The minimum absolute atomic E-state index is 0.0486. The van der Waals surface area contributed by atoms with Gasteiger partial charge in [-0.3, -0.25) is 0 Å². The van der Waals surface area contributed by atoms with Crippen molar-refractivity contribution in [2.75, 3.05) is 6.61 Å². The van der Waals surface area contributed by atoms with Gasteiger partial charge < -0.3 is 9.30 Å². The normalized spacial score (nSPS) is 11.9. The van der Waals surface area contributed by atoms with Crippen molar-refractivity contribution in [1.29, 1.82) is 5.26 Å². The molecule has 1 atom stereocenters. The Morgan fingerprint density at radius 2 is 2.12 bits per heavy atom. The van der Waals surface area contributed by atoms with Crippen LogP contribution < -0.4 is 0 Å². The fourth-order valence-electron chi connectivity index (χ4n) is 2.43. The quantitative estimate of drug-likeness (QED) is 0.668. The van der Waals surface area contributed by atoms with Crippen LogP contribution in [0.4, 0.5) is 4.39 Å². The highest BCUT2D eigenvalue weighted by molar-refractivity contribution is 5.92. The molecule has 3 rings (SSSR count). The Morgan fingerprint density at radius 1 is 1.36 bits per heavy atom. The van der Waals surface area contributed by atoms with Gasteiger partial charge in [0.1, 0.15) is 17.9 Å². The van der Waals surface area contributed by atoms with E-state index in [2.05, 4.69) is 16.0 Å². The lowest BCUT2D eigenvalue weighted by Crippen LogP contribution is -2.15. The summed E-state index contributed by atoms with van der Waals surface area (Å²) in [5.74, 6) is -1.40. The molecule has 0 saturated carbocycles. The fraction of sp³-hybridized carbons (Fsp3) is 0.222. The number of halogens is 1. The van der Waals surface area contributed by atoms with Gasteiger partial charge in [-0.15, -0.1) is 0 Å². The zero-order chi connectivity index (χ0) is 17.8. The molecule has 0 unspecified atom stereocenters. The third-order valence-electron chi connectivity index (χ3n) is 3.78. The Hall–Kier alpha value is -3.27. The molecule has 1 aromatic carbocycles. The number of esters is 1. The lowest BCUT2D eigenvalue weighted by atomic mass is 10.0. The Morgan fingerprint density at radius 3 is 2.84 bits per heavy atom. The summed E-state index contributed by atoms with van der Waals surface area (Å²) >= 11 is 0. The van der Waals surface area contributed by atoms with Crippen LogP contribution in [0.1, 0.15) is 15.9 Å². The molecule has 0 saturated heterocycles. The molecular weight excluding hydrogens is 323 g/mol. The topological polar surface area (TPSA) is 80.8 Å². The van der Waals surface area contributed by atoms with Gasteiger partial charge in [-0.1, -0.05) is 12.1 Å². The second-order valence-corrected chi connectivity index (χ2v) is 5.68. The van der Waals surface area contributed by atoms with Crippen molar-refractivity contribution in [2.24, 2.45) is 13.0 Å². The molecule has 2 heterocycles. The molecule has 0 bridgehead atoms. The first-order chi connectivity index (χ1) is 12.1. The zero-order valence-corrected chi connectivity index (χ0v) is 13.5. The Kier molecular flexibility index (Phi) is 4.70. The molecule has 0 N–H and O–H groups in total. The number of benzene rings is 1. The predicted molar refractivity (Wildman–Crippen MR) is 88.0 cm³/mol. The van der Waals surface area contributed by atoms with Gasteiger partial charge in [0, 0.05) is 13.2 Å². The summed E-state index contributed by atoms with van der Waals surface area (Å²) in [5.41, 5.74) is 2.35. The molecule has 3 aromatic rings. The maximum Gasteiger partial charge on any atom is 0.339 e. The number of imidazole rings is 1. The second-order valence-electron chi connectivity index (χ2n) is 5.68. The summed E-state index contributed by atoms with van der Waals surface area (Å²) in [5, 5.41) is 9.23. The van der Waals surface area contributed by atoms with E-state index in [0.717, 1.165) is 5.56 Å². The summed E-state index contributed by atoms with van der Waals surface area (Å²) in [4.78, 5) is 20.5. The number of nitrogens with zero attached hydrogens (tertiary/aromatic N) is 4. The Balaban J connectivity index is 1.63. The molecule has 0 aliphatic carbocycles. The van der Waals surface area contributed by atoms with Crippen LogP contribution >= 0.6 is 0 Å². The van der Waals surface area contributed by atoms with Gasteiger partial charge in [0.05, 0.1) is 23.9 Å². The molecule has 2 aromatic heterocycles. The number of ether oxygens (including phenoxy) is 1. The Bertz CT molecular complexity index is 944. The van der Waals surface area contributed by atoms with Gasteiger partial charge in [-0.05, 0) is 30.2 Å². The van der Waals surface area contributed by atoms with Crippen LogP contribution in [0.15, 0.2) is 42.9 Å². The van der Waals surface area contributed by atoms with Gasteiger partial charge in [0.15, 0.2) is 5.65 Å². The molecular formula is C18H15FN4O2. The number of fused-ring (bicyclic) bond motifs is 1. The van der Waals surface area contributed by atoms with Gasteiger partial charge in [0.25, 0.3) is 0 Å². The number of hydrogen-bond acceptors (Lipinski definition) is 5. The summed E-state index contributed by atoms with van der Waals surface area (Å²) in [7, 11) is 1.81. The third-order valence-corrected chi connectivity index (χ3v) is 3.78. The Labute approximate surface area is 143 Å². The van der Waals surface area contributed by atoms with E-state index in [1.165, 1.54) is 18.3 Å². The van der Waals surface area contributed by atoms with Crippen LogP contribution in [0.3, 0.4) is 0 Å². The molecule has 0 aliphatic rings. The molecule has 6 nitrogen and oxygen atoms in total. The molecule has 0 amide bonds. The van der Waals surface area contributed by atoms with Gasteiger partial charge in [-0.2, -0.15) is 5.26 Å². The van der Waals surface area contributed by atoms with Crippen molar-refractivity contribution < 1.29 is 13.9 Å². The maximum atomic E-state index is 12.9. The number of aryl methyl sites for hydroxylation is 1. The van der Waals surface area contributed by atoms with E-state index < -0.39 is 11.9 Å². The van der Waals surface area contributed by atoms with Crippen LogP contribution in [0.25, 0.3) is 11.2 Å². The minimum atomic E-state index is -0.556. The highest BCUT2D eigenvalue weighted by Crippen LogP contribution is 2.14. The van der Waals surface area contributed by atoms with Crippen molar-refractivity contribution in [1.82, 2.24) is 14.5 Å². The third kappa shape index (κ3) is 3.80. The molecule has 0 spiro atoms. The average Bonchev–Trinajstić information content (AvgIpc) is 3.00. The smallest absolute Gasteiger partial charge is 0.339 e. The number of carbonyl (C=O) groups excluding carboxylic acids is 1. The van der Waals surface area contributed by atoms with Crippen LogP contribution in [-0.2, 0) is 18.2 Å². The van der Waals surface area contributed by atoms with Crippen molar-refractivity contribution in [3.8, 4) is 6.07 Å². The zero-order valence-electron chi connectivity index (χ0n) is 13.5. The van der Waals surface area contributed by atoms with Crippen LogP contribution in [0.2, 0.25) is 0 Å². The number of aromatic nitrogens is 3. The van der Waals surface area contributed by atoms with Crippen molar-refractivity contribution in [3.05, 3.63) is 59.8 Å². The van der Waals surface area contributed by atoms with Gasteiger partial charge in [-0.25, -0.2) is 19.2 Å². The minimum Gasteiger partial charge on any atom is -0.461 e. The van der Waals surface area contributed by atoms with E-state index in [0.29, 0.717) is 17.6 Å². The number of carbonyl (C=O) groups is 1. The van der Waals surface area contributed by atoms with Crippen LogP contribution in [-0.4, -0.2) is 27.1 Å². The predicted octanol–water partition coefficient (Wildman–Crippen LogP) is 2.65. The average molecular weight is 338 g/mol. The molecule has 0 fully saturated rings. The number of pyridine rings is 1. The van der Waals surface area contributed by atoms with Crippen LogP contribution in [0, 0.1) is 23.1 Å². The molecule has 126 valence electrons. The monoisotopic (exact) mass is 338 g/mol. The number of nitriles is 1. The van der Waals surface area contributed by atoms with E-state index in [-0.39, 0.29) is 18.0 Å². The van der Waals surface area contributed by atoms with Crippen molar-refractivity contribution >= 4 is 17.1 Å². The van der Waals surface area contributed by atoms with E-state index in [9.17, 15) is 14.4 Å². The van der Waals surface area contributed by atoms with Crippen molar-refractivity contribution in [3.63, 3.8) is 0 Å². The first-order valence-electron chi connectivity index (χ1n) is 7.65. The van der Waals surface area contributed by atoms with E-state index in [1.807, 2.05) is 7.05 Å². The number of rotatable bonds is 5. The summed E-state index contributed by atoms with van der Waals surface area (Å²) in [6.07, 6.45) is 3.41. The highest BCUT2D eigenvalue weighted by atomic mass is 19.1. The lowest BCUT2D eigenvalue weighted by molar-refractivity contribution is 0.0468. The number of hydrogen-bond donors (Lipinski definition) is 0. The second kappa shape index (κ2) is 7.09. The molecule has 0 aliphatic heterocycles. The summed E-state index contributed by atoms with van der Waals surface area (Å²) < 4.78 is 19.9. The summed E-state index contributed by atoms with van der Waals surface area (Å²) in [6.45, 7) is -0.0486. The van der Waals surface area contributed by atoms with Crippen LogP contribution in [0.5, 0.6) is 0 Å². The van der Waals surface area contributed by atoms with Gasteiger partial charge >= 0.3 is 5.97 Å². The SMILES string of the molecule is Cn1cnc2cc(C(=O)OC[C@H](C#N)Cc3ccc(F)cc3)cnc21. The molecule has 0 radical (unpaired) electrons. The standard InChI is InChI=1S/C18H15FN4O2/c1-23-11-22-16-7-14(9-21-17(16)23)18(24)25-10-13(8-20)6-12-2-4-15(19)5-3-12/h2-5,7,9,11,13H,6,10H2,1H3/t13-/m0/s1.